The molecule has 4 heteroatoms. The standard InChI is InChI=1S/C31H29N3O/c1-4-6-16-24(5-2)30-28(23(3)34(33-30)27-21-14-9-15-22-27)31(35)32-29(25-17-10-7-11-18-25)26-19-12-8-13-20-26/h4-22,29H,1H2,2-3H3,(H,32,35)/b16-6-,24-5+. The lowest BCUT2D eigenvalue weighted by Crippen LogP contribution is -2.30. The number of amides is 1. The topological polar surface area (TPSA) is 46.9 Å². The number of nitrogens with zero attached hydrogens (tertiary/aromatic N) is 2. The van der Waals surface area contributed by atoms with Crippen molar-refractivity contribution in [2.24, 2.45) is 0 Å². The minimum atomic E-state index is -0.296. The van der Waals surface area contributed by atoms with Crippen molar-refractivity contribution >= 4 is 11.5 Å². The Bertz CT molecular complexity index is 1310. The number of benzene rings is 3. The minimum Gasteiger partial charge on any atom is -0.341 e. The van der Waals surface area contributed by atoms with Crippen molar-refractivity contribution in [3.8, 4) is 5.69 Å². The zero-order chi connectivity index (χ0) is 24.6. The van der Waals surface area contributed by atoms with E-state index in [0.29, 0.717) is 11.3 Å². The summed E-state index contributed by atoms with van der Waals surface area (Å²) in [6, 6.07) is 29.6. The van der Waals surface area contributed by atoms with Crippen LogP contribution >= 0.6 is 0 Å². The summed E-state index contributed by atoms with van der Waals surface area (Å²) in [4.78, 5) is 13.9. The van der Waals surface area contributed by atoms with Gasteiger partial charge in [-0.1, -0.05) is 110 Å². The average Bonchev–Trinajstić information content (AvgIpc) is 3.26. The van der Waals surface area contributed by atoms with Gasteiger partial charge in [0, 0.05) is 0 Å². The molecule has 0 fully saturated rings. The SMILES string of the molecule is C=C/C=C\C(=C/C)c1nn(-c2ccccc2)c(C)c1C(=O)NC(c1ccccc1)c1ccccc1. The number of nitrogens with one attached hydrogen (secondary N) is 1. The molecule has 0 bridgehead atoms. The molecule has 3 aromatic carbocycles. The van der Waals surface area contributed by atoms with Crippen LogP contribution in [0.1, 0.15) is 45.8 Å². The quantitative estimate of drug-likeness (QED) is 0.293. The van der Waals surface area contributed by atoms with Crippen molar-refractivity contribution in [3.05, 3.63) is 150 Å². The normalized spacial score (nSPS) is 11.7. The number of hydrogen-bond donors (Lipinski definition) is 1. The van der Waals surface area contributed by atoms with Crippen LogP contribution in [0, 0.1) is 6.92 Å². The van der Waals surface area contributed by atoms with Gasteiger partial charge in [0.1, 0.15) is 5.69 Å². The van der Waals surface area contributed by atoms with E-state index >= 15 is 0 Å². The summed E-state index contributed by atoms with van der Waals surface area (Å²) in [6.07, 6.45) is 7.45. The van der Waals surface area contributed by atoms with Crippen LogP contribution in [0.3, 0.4) is 0 Å². The Kier molecular flexibility index (Phi) is 7.53. The predicted molar refractivity (Wildman–Crippen MR) is 143 cm³/mol. The van der Waals surface area contributed by atoms with Crippen molar-refractivity contribution in [2.75, 3.05) is 0 Å². The van der Waals surface area contributed by atoms with Gasteiger partial charge in [-0.3, -0.25) is 4.79 Å². The summed E-state index contributed by atoms with van der Waals surface area (Å²) in [5.74, 6) is -0.177. The number of carbonyl (C=O) groups is 1. The Labute approximate surface area is 207 Å². The van der Waals surface area contributed by atoms with Gasteiger partial charge in [-0.25, -0.2) is 4.68 Å². The van der Waals surface area contributed by atoms with Crippen molar-refractivity contribution in [1.29, 1.82) is 0 Å². The summed E-state index contributed by atoms with van der Waals surface area (Å²) in [6.45, 7) is 7.65. The molecule has 35 heavy (non-hydrogen) atoms. The lowest BCUT2D eigenvalue weighted by atomic mass is 9.97. The van der Waals surface area contributed by atoms with E-state index in [0.717, 1.165) is 28.1 Å². The highest BCUT2D eigenvalue weighted by Gasteiger charge is 2.26. The molecule has 0 aliphatic heterocycles. The Morgan fingerprint density at radius 2 is 1.46 bits per heavy atom. The van der Waals surface area contributed by atoms with Gasteiger partial charge in [-0.2, -0.15) is 5.10 Å². The highest BCUT2D eigenvalue weighted by molar-refractivity contribution is 6.01. The van der Waals surface area contributed by atoms with E-state index < -0.39 is 0 Å². The fraction of sp³-hybridized carbons (Fsp3) is 0.0968. The predicted octanol–water partition coefficient (Wildman–Crippen LogP) is 6.85. The third-order valence-corrected chi connectivity index (χ3v) is 5.88. The van der Waals surface area contributed by atoms with Gasteiger partial charge in [-0.15, -0.1) is 0 Å². The highest BCUT2D eigenvalue weighted by atomic mass is 16.1. The van der Waals surface area contributed by atoms with E-state index in [-0.39, 0.29) is 11.9 Å². The molecule has 1 aromatic heterocycles. The van der Waals surface area contributed by atoms with E-state index in [4.69, 9.17) is 5.10 Å². The fourth-order valence-electron chi connectivity index (χ4n) is 4.13. The number of hydrogen-bond acceptors (Lipinski definition) is 2. The average molecular weight is 460 g/mol. The van der Waals surface area contributed by atoms with Crippen LogP contribution in [-0.2, 0) is 0 Å². The van der Waals surface area contributed by atoms with Crippen molar-refractivity contribution in [2.45, 2.75) is 19.9 Å². The van der Waals surface area contributed by atoms with Crippen LogP contribution in [0.5, 0.6) is 0 Å². The maximum Gasteiger partial charge on any atom is 0.256 e. The second kappa shape index (κ2) is 11.1. The molecule has 0 unspecified atom stereocenters. The second-order valence-electron chi connectivity index (χ2n) is 8.12. The Hall–Kier alpha value is -4.44. The Balaban J connectivity index is 1.82. The van der Waals surface area contributed by atoms with Crippen LogP contribution in [0.2, 0.25) is 0 Å². The first-order chi connectivity index (χ1) is 17.1. The van der Waals surface area contributed by atoms with Gasteiger partial charge in [0.05, 0.1) is 23.0 Å². The zero-order valence-electron chi connectivity index (χ0n) is 20.1. The first-order valence-electron chi connectivity index (χ1n) is 11.7. The Morgan fingerprint density at radius 3 is 1.97 bits per heavy atom. The summed E-state index contributed by atoms with van der Waals surface area (Å²) in [5, 5.41) is 8.16. The molecule has 0 radical (unpaired) electrons. The van der Waals surface area contributed by atoms with Crippen molar-refractivity contribution in [1.82, 2.24) is 15.1 Å². The van der Waals surface area contributed by atoms with E-state index in [1.165, 1.54) is 0 Å². The van der Waals surface area contributed by atoms with Gasteiger partial charge in [0.25, 0.3) is 5.91 Å². The molecule has 0 saturated heterocycles. The summed E-state index contributed by atoms with van der Waals surface area (Å²) in [5.41, 5.74) is 5.73. The molecule has 4 rings (SSSR count). The number of carbonyl (C=O) groups excluding carboxylic acids is 1. The van der Waals surface area contributed by atoms with E-state index in [9.17, 15) is 4.79 Å². The summed E-state index contributed by atoms with van der Waals surface area (Å²) in [7, 11) is 0. The Morgan fingerprint density at radius 1 is 0.914 bits per heavy atom. The minimum absolute atomic E-state index is 0.177. The highest BCUT2D eigenvalue weighted by Crippen LogP contribution is 2.28. The molecule has 1 amide bonds. The van der Waals surface area contributed by atoms with Crippen molar-refractivity contribution < 1.29 is 4.79 Å². The largest absolute Gasteiger partial charge is 0.341 e. The van der Waals surface area contributed by atoms with Gasteiger partial charge in [0.2, 0.25) is 0 Å². The smallest absolute Gasteiger partial charge is 0.256 e. The molecule has 0 spiro atoms. The zero-order valence-corrected chi connectivity index (χ0v) is 20.1. The number of allylic oxidation sites excluding steroid dienone is 5. The number of rotatable bonds is 8. The van der Waals surface area contributed by atoms with Crippen LogP contribution < -0.4 is 5.32 Å². The molecule has 4 aromatic rings. The number of aromatic nitrogens is 2. The van der Waals surface area contributed by atoms with Gasteiger partial charge >= 0.3 is 0 Å². The van der Waals surface area contributed by atoms with E-state index in [2.05, 4.69) is 11.9 Å². The fourth-order valence-corrected chi connectivity index (χ4v) is 4.13. The molecule has 0 saturated carbocycles. The van der Waals surface area contributed by atoms with E-state index in [1.54, 1.807) is 6.08 Å². The van der Waals surface area contributed by atoms with E-state index in [1.807, 2.05) is 128 Å². The van der Waals surface area contributed by atoms with Crippen LogP contribution in [0.25, 0.3) is 11.3 Å². The summed E-state index contributed by atoms with van der Waals surface area (Å²) >= 11 is 0. The maximum atomic E-state index is 13.9. The van der Waals surface area contributed by atoms with Crippen LogP contribution in [-0.4, -0.2) is 15.7 Å². The molecular formula is C31H29N3O. The molecule has 0 atom stereocenters. The number of para-hydroxylation sites is 1. The molecular weight excluding hydrogens is 430 g/mol. The third kappa shape index (κ3) is 5.22. The lowest BCUT2D eigenvalue weighted by molar-refractivity contribution is 0.0942. The van der Waals surface area contributed by atoms with Crippen LogP contribution in [0.4, 0.5) is 0 Å². The van der Waals surface area contributed by atoms with Gasteiger partial charge in [-0.05, 0) is 42.7 Å². The lowest BCUT2D eigenvalue weighted by Gasteiger charge is -2.20. The third-order valence-electron chi connectivity index (χ3n) is 5.88. The second-order valence-corrected chi connectivity index (χ2v) is 8.12. The summed E-state index contributed by atoms with van der Waals surface area (Å²) < 4.78 is 1.83. The first kappa shape index (κ1) is 23.7. The molecule has 1 N–H and O–H groups in total. The molecule has 1 heterocycles. The van der Waals surface area contributed by atoms with Gasteiger partial charge in [0.15, 0.2) is 0 Å². The molecule has 0 aliphatic rings. The molecule has 174 valence electrons. The van der Waals surface area contributed by atoms with Crippen LogP contribution in [0.15, 0.2) is 122 Å². The van der Waals surface area contributed by atoms with Gasteiger partial charge < -0.3 is 5.32 Å². The van der Waals surface area contributed by atoms with Crippen molar-refractivity contribution in [3.63, 3.8) is 0 Å². The first-order valence-corrected chi connectivity index (χ1v) is 11.7. The maximum absolute atomic E-state index is 13.9. The molecule has 4 nitrogen and oxygen atoms in total. The monoisotopic (exact) mass is 459 g/mol. The molecule has 0 aliphatic carbocycles.